The Morgan fingerprint density at radius 1 is 1.39 bits per heavy atom. The number of hydrogen-bond acceptors (Lipinski definition) is 6. The molecule has 2 atom stereocenters. The summed E-state index contributed by atoms with van der Waals surface area (Å²) in [4.78, 5) is 8.81. The maximum atomic E-state index is 10.7. The topological polar surface area (TPSA) is 106 Å². The molecule has 152 valence electrons. The zero-order valence-corrected chi connectivity index (χ0v) is 16.6. The molecule has 9 nitrogen and oxygen atoms in total. The minimum atomic E-state index is -0.811. The van der Waals surface area contributed by atoms with Gasteiger partial charge in [0, 0.05) is 24.6 Å². The van der Waals surface area contributed by atoms with Gasteiger partial charge in [-0.3, -0.25) is 4.99 Å². The van der Waals surface area contributed by atoms with Crippen LogP contribution in [0, 0.1) is 0 Å². The van der Waals surface area contributed by atoms with Crippen LogP contribution in [0.5, 0.6) is 11.5 Å². The molecule has 2 heterocycles. The molecule has 3 N–H and O–H groups in total. The van der Waals surface area contributed by atoms with E-state index in [1.54, 1.807) is 38.7 Å². The van der Waals surface area contributed by atoms with Crippen LogP contribution in [-0.4, -0.2) is 59.2 Å². The minimum Gasteiger partial charge on any atom is -0.497 e. The standard InChI is InChI=1S/C19H28N6O3/c1-4-20-19(24-13-5-8-18-22-12-23-25(18)11-13)21-10-16(26)15-9-14(27-2)6-7-17(15)28-3/h6-7,9,12-13,16,26H,4-5,8,10-11H2,1-3H3,(H2,20,21,24). The summed E-state index contributed by atoms with van der Waals surface area (Å²) in [6.45, 7) is 3.67. The van der Waals surface area contributed by atoms with Gasteiger partial charge in [-0.05, 0) is 31.5 Å². The average molecular weight is 388 g/mol. The van der Waals surface area contributed by atoms with E-state index in [1.165, 1.54) is 0 Å². The van der Waals surface area contributed by atoms with Crippen LogP contribution in [0.1, 0.15) is 30.8 Å². The first-order valence-corrected chi connectivity index (χ1v) is 9.46. The van der Waals surface area contributed by atoms with E-state index >= 15 is 0 Å². The predicted octanol–water partition coefficient (Wildman–Crippen LogP) is 0.899. The SMILES string of the molecule is CCNC(=NCC(O)c1cc(OC)ccc1OC)NC1CCc2ncnn2C1. The monoisotopic (exact) mass is 388 g/mol. The van der Waals surface area contributed by atoms with E-state index in [-0.39, 0.29) is 12.6 Å². The van der Waals surface area contributed by atoms with Gasteiger partial charge in [-0.25, -0.2) is 9.67 Å². The molecule has 3 rings (SSSR count). The highest BCUT2D eigenvalue weighted by Gasteiger charge is 2.21. The Kier molecular flexibility index (Phi) is 6.70. The fraction of sp³-hybridized carbons (Fsp3) is 0.526. The molecule has 0 saturated heterocycles. The van der Waals surface area contributed by atoms with Crippen LogP contribution in [-0.2, 0) is 13.0 Å². The fourth-order valence-electron chi connectivity index (χ4n) is 3.24. The van der Waals surface area contributed by atoms with Gasteiger partial charge in [0.1, 0.15) is 29.8 Å². The van der Waals surface area contributed by atoms with Gasteiger partial charge in [-0.15, -0.1) is 0 Å². The predicted molar refractivity (Wildman–Crippen MR) is 106 cm³/mol. The summed E-state index contributed by atoms with van der Waals surface area (Å²) in [6, 6.07) is 5.55. The van der Waals surface area contributed by atoms with Crippen LogP contribution in [0.15, 0.2) is 29.5 Å². The zero-order chi connectivity index (χ0) is 19.9. The van der Waals surface area contributed by atoms with Crippen molar-refractivity contribution < 1.29 is 14.6 Å². The van der Waals surface area contributed by atoms with Crippen molar-refractivity contribution in [2.75, 3.05) is 27.3 Å². The van der Waals surface area contributed by atoms with Crippen molar-refractivity contribution in [2.45, 2.75) is 38.5 Å². The molecule has 1 aliphatic rings. The molecule has 0 saturated carbocycles. The third-order valence-electron chi connectivity index (χ3n) is 4.71. The second kappa shape index (κ2) is 9.41. The van der Waals surface area contributed by atoms with Gasteiger partial charge in [0.05, 0.1) is 27.3 Å². The van der Waals surface area contributed by atoms with Crippen LogP contribution >= 0.6 is 0 Å². The van der Waals surface area contributed by atoms with Crippen LogP contribution in [0.4, 0.5) is 0 Å². The summed E-state index contributed by atoms with van der Waals surface area (Å²) >= 11 is 0. The number of hydrogen-bond donors (Lipinski definition) is 3. The Morgan fingerprint density at radius 3 is 3.00 bits per heavy atom. The van der Waals surface area contributed by atoms with Gasteiger partial charge in [0.2, 0.25) is 0 Å². The van der Waals surface area contributed by atoms with Gasteiger partial charge < -0.3 is 25.2 Å². The van der Waals surface area contributed by atoms with Crippen molar-refractivity contribution in [2.24, 2.45) is 4.99 Å². The Labute approximate surface area is 164 Å². The summed E-state index contributed by atoms with van der Waals surface area (Å²) in [5, 5.41) is 21.6. The lowest BCUT2D eigenvalue weighted by atomic mass is 10.1. The number of rotatable bonds is 7. The van der Waals surface area contributed by atoms with Crippen LogP contribution in [0.2, 0.25) is 0 Å². The largest absolute Gasteiger partial charge is 0.497 e. The van der Waals surface area contributed by atoms with Crippen molar-refractivity contribution in [3.63, 3.8) is 0 Å². The first-order chi connectivity index (χ1) is 13.6. The third kappa shape index (κ3) is 4.72. The molecule has 1 aromatic carbocycles. The minimum absolute atomic E-state index is 0.195. The molecule has 1 aliphatic heterocycles. The molecule has 0 amide bonds. The molecule has 0 bridgehead atoms. The summed E-state index contributed by atoms with van der Waals surface area (Å²) in [7, 11) is 3.17. The molecule has 9 heteroatoms. The number of nitrogens with zero attached hydrogens (tertiary/aromatic N) is 4. The molecule has 1 aromatic heterocycles. The molecule has 0 aliphatic carbocycles. The number of aromatic nitrogens is 3. The molecular formula is C19H28N6O3. The first-order valence-electron chi connectivity index (χ1n) is 9.46. The lowest BCUT2D eigenvalue weighted by Crippen LogP contribution is -2.47. The van der Waals surface area contributed by atoms with Crippen molar-refractivity contribution in [1.82, 2.24) is 25.4 Å². The Bertz CT molecular complexity index is 807. The molecule has 2 unspecified atom stereocenters. The molecular weight excluding hydrogens is 360 g/mol. The van der Waals surface area contributed by atoms with E-state index in [4.69, 9.17) is 9.47 Å². The molecule has 0 fully saturated rings. The van der Waals surface area contributed by atoms with E-state index in [2.05, 4.69) is 25.7 Å². The van der Waals surface area contributed by atoms with Crippen LogP contribution in [0.3, 0.4) is 0 Å². The lowest BCUT2D eigenvalue weighted by molar-refractivity contribution is 0.182. The second-order valence-corrected chi connectivity index (χ2v) is 6.58. The maximum absolute atomic E-state index is 10.7. The summed E-state index contributed by atoms with van der Waals surface area (Å²) in [6.07, 6.45) is 2.61. The van der Waals surface area contributed by atoms with Crippen molar-refractivity contribution in [3.8, 4) is 11.5 Å². The number of fused-ring (bicyclic) bond motifs is 1. The fourth-order valence-corrected chi connectivity index (χ4v) is 3.24. The molecule has 0 spiro atoms. The molecule has 28 heavy (non-hydrogen) atoms. The quantitative estimate of drug-likeness (QED) is 0.478. The van der Waals surface area contributed by atoms with Gasteiger partial charge in [0.25, 0.3) is 0 Å². The van der Waals surface area contributed by atoms with E-state index in [9.17, 15) is 5.11 Å². The number of ether oxygens (including phenoxy) is 2. The van der Waals surface area contributed by atoms with E-state index in [1.807, 2.05) is 11.6 Å². The van der Waals surface area contributed by atoms with Crippen LogP contribution < -0.4 is 20.1 Å². The van der Waals surface area contributed by atoms with Crippen molar-refractivity contribution >= 4 is 5.96 Å². The van der Waals surface area contributed by atoms with E-state index in [0.29, 0.717) is 23.0 Å². The highest BCUT2D eigenvalue weighted by molar-refractivity contribution is 5.80. The van der Waals surface area contributed by atoms with E-state index < -0.39 is 6.10 Å². The summed E-state index contributed by atoms with van der Waals surface area (Å²) in [5.74, 6) is 2.94. The number of aliphatic hydroxyl groups excluding tert-OH is 1. The first kappa shape index (κ1) is 19.9. The lowest BCUT2D eigenvalue weighted by Gasteiger charge is -2.25. The van der Waals surface area contributed by atoms with Gasteiger partial charge in [-0.2, -0.15) is 5.10 Å². The van der Waals surface area contributed by atoms with Crippen LogP contribution in [0.25, 0.3) is 0 Å². The van der Waals surface area contributed by atoms with Crippen molar-refractivity contribution in [1.29, 1.82) is 0 Å². The number of methoxy groups -OCH3 is 2. The highest BCUT2D eigenvalue weighted by Crippen LogP contribution is 2.29. The maximum Gasteiger partial charge on any atom is 0.191 e. The number of nitrogens with one attached hydrogen (secondary N) is 2. The Hall–Kier alpha value is -2.81. The second-order valence-electron chi connectivity index (χ2n) is 6.58. The summed E-state index contributed by atoms with van der Waals surface area (Å²) < 4.78 is 12.5. The van der Waals surface area contributed by atoms with E-state index in [0.717, 1.165) is 31.8 Å². The van der Waals surface area contributed by atoms with Crippen molar-refractivity contribution in [3.05, 3.63) is 35.9 Å². The Morgan fingerprint density at radius 2 is 2.25 bits per heavy atom. The normalized spacial score (nSPS) is 17.6. The number of aliphatic imine (C=N–C) groups is 1. The number of aliphatic hydroxyl groups is 1. The molecule has 2 aromatic rings. The average Bonchev–Trinajstić information content (AvgIpc) is 3.19. The van der Waals surface area contributed by atoms with Gasteiger partial charge in [0.15, 0.2) is 5.96 Å². The zero-order valence-electron chi connectivity index (χ0n) is 16.6. The highest BCUT2D eigenvalue weighted by atomic mass is 16.5. The third-order valence-corrected chi connectivity index (χ3v) is 4.71. The smallest absolute Gasteiger partial charge is 0.191 e. The molecule has 0 radical (unpaired) electrons. The number of guanidine groups is 1. The number of benzene rings is 1. The number of aryl methyl sites for hydroxylation is 1. The van der Waals surface area contributed by atoms with Gasteiger partial charge in [-0.1, -0.05) is 0 Å². The Balaban J connectivity index is 1.67. The van der Waals surface area contributed by atoms with Gasteiger partial charge >= 0.3 is 0 Å². The summed E-state index contributed by atoms with van der Waals surface area (Å²) in [5.41, 5.74) is 0.645.